The summed E-state index contributed by atoms with van der Waals surface area (Å²) in [7, 11) is 3.59. The highest BCUT2D eigenvalue weighted by Gasteiger charge is 2.47. The largest absolute Gasteiger partial charge is 0.378 e. The quantitative estimate of drug-likeness (QED) is 0.153. The number of nitrogens with one attached hydrogen (secondary N) is 4. The number of aryl methyl sites for hydroxylation is 2. The Labute approximate surface area is 282 Å². The van der Waals surface area contributed by atoms with Crippen molar-refractivity contribution in [3.05, 3.63) is 58.9 Å². The zero-order chi connectivity index (χ0) is 33.5. The van der Waals surface area contributed by atoms with Crippen LogP contribution in [0, 0.1) is 36.0 Å². The molecular formula is C37H47N9O2. The van der Waals surface area contributed by atoms with Crippen molar-refractivity contribution in [3.63, 3.8) is 0 Å². The number of hydrazone groups is 1. The third kappa shape index (κ3) is 6.10. The molecule has 2 unspecified atom stereocenters. The Balaban J connectivity index is 1.08. The first-order chi connectivity index (χ1) is 23.2. The van der Waals surface area contributed by atoms with Crippen LogP contribution in [0.25, 0.3) is 11.4 Å². The van der Waals surface area contributed by atoms with Crippen molar-refractivity contribution in [1.29, 1.82) is 5.41 Å². The predicted octanol–water partition coefficient (Wildman–Crippen LogP) is 5.78. The zero-order valence-electron chi connectivity index (χ0n) is 28.4. The van der Waals surface area contributed by atoms with Gasteiger partial charge in [0.2, 0.25) is 0 Å². The SMILES string of the molecule is CN/N=C(\C=N)c1cc(NC(=O)N2C3CC(C)CC2C3)ccc1Cc1nc(-c2cc(NCC(=O)C3C4CCC3CC4)ccc2C)nn1C. The maximum atomic E-state index is 13.2. The van der Waals surface area contributed by atoms with Gasteiger partial charge in [-0.25, -0.2) is 9.78 Å². The van der Waals surface area contributed by atoms with Gasteiger partial charge in [-0.2, -0.15) is 10.2 Å². The van der Waals surface area contributed by atoms with Crippen LogP contribution in [0.1, 0.15) is 74.4 Å². The molecule has 3 aromatic rings. The molecule has 2 atom stereocenters. The lowest BCUT2D eigenvalue weighted by Gasteiger charge is -2.54. The highest BCUT2D eigenvalue weighted by atomic mass is 16.2. The molecule has 4 fully saturated rings. The number of aromatic nitrogens is 3. The molecule has 2 aromatic carbocycles. The molecule has 4 N–H and O–H groups in total. The van der Waals surface area contributed by atoms with E-state index >= 15 is 0 Å². The average molecular weight is 650 g/mol. The molecule has 11 nitrogen and oxygen atoms in total. The van der Waals surface area contributed by atoms with Gasteiger partial charge in [0.1, 0.15) is 11.5 Å². The predicted molar refractivity (Wildman–Crippen MR) is 189 cm³/mol. The highest BCUT2D eigenvalue weighted by molar-refractivity contribution is 6.37. The second-order valence-electron chi connectivity index (χ2n) is 14.4. The maximum absolute atomic E-state index is 13.2. The number of carbonyl (C=O) groups excluding carboxylic acids is 2. The van der Waals surface area contributed by atoms with Crippen LogP contribution in [-0.4, -0.2) is 69.1 Å². The van der Waals surface area contributed by atoms with E-state index in [0.29, 0.717) is 65.8 Å². The van der Waals surface area contributed by atoms with Crippen LogP contribution in [0.4, 0.5) is 16.2 Å². The molecule has 11 heteroatoms. The molecule has 4 bridgehead atoms. The van der Waals surface area contributed by atoms with Gasteiger partial charge >= 0.3 is 6.03 Å². The summed E-state index contributed by atoms with van der Waals surface area (Å²) in [6.45, 7) is 4.65. The number of carbonyl (C=O) groups is 2. The molecule has 252 valence electrons. The van der Waals surface area contributed by atoms with Gasteiger partial charge in [0.15, 0.2) is 11.6 Å². The van der Waals surface area contributed by atoms with Crippen molar-refractivity contribution in [2.45, 2.75) is 77.3 Å². The fourth-order valence-corrected chi connectivity index (χ4v) is 8.91. The van der Waals surface area contributed by atoms with Crippen molar-refractivity contribution in [1.82, 2.24) is 25.1 Å². The minimum Gasteiger partial charge on any atom is -0.378 e. The van der Waals surface area contributed by atoms with Crippen molar-refractivity contribution in [2.24, 2.45) is 35.8 Å². The number of Topliss-reactive ketones (excluding diaryl/α,β-unsaturated/α-hetero) is 1. The van der Waals surface area contributed by atoms with E-state index in [-0.39, 0.29) is 11.9 Å². The summed E-state index contributed by atoms with van der Waals surface area (Å²) in [5, 5.41) is 23.7. The monoisotopic (exact) mass is 649 g/mol. The van der Waals surface area contributed by atoms with E-state index in [2.05, 4.69) is 28.1 Å². The van der Waals surface area contributed by atoms with Crippen LogP contribution >= 0.6 is 0 Å². The van der Waals surface area contributed by atoms with Crippen LogP contribution in [0.15, 0.2) is 41.5 Å². The number of hydrogen-bond acceptors (Lipinski definition) is 8. The van der Waals surface area contributed by atoms with E-state index in [0.717, 1.165) is 53.0 Å². The zero-order valence-corrected chi connectivity index (χ0v) is 28.4. The Hall–Kier alpha value is -4.54. The van der Waals surface area contributed by atoms with Crippen molar-refractivity contribution >= 4 is 35.1 Å². The van der Waals surface area contributed by atoms with Gasteiger partial charge in [-0.1, -0.05) is 19.1 Å². The minimum absolute atomic E-state index is 0.0659. The lowest BCUT2D eigenvalue weighted by atomic mass is 9.74. The number of amides is 2. The molecule has 1 aromatic heterocycles. The second kappa shape index (κ2) is 13.2. The molecule has 2 aliphatic heterocycles. The van der Waals surface area contributed by atoms with Gasteiger partial charge in [-0.15, -0.1) is 0 Å². The van der Waals surface area contributed by atoms with E-state index in [1.54, 1.807) is 11.7 Å². The molecule has 2 saturated carbocycles. The standard InChI is InChI=1S/C37H47N9O2/c1-21-13-28-18-29(14-21)46(28)37(48)41-27-12-10-25(31(17-27)32(19-38)43-39-3)15-34-42-36(44-45(34)4)30-16-26(11-5-22(30)2)40-20-33(47)35-23-6-7-24(35)9-8-23/h5,10-12,16-17,19,21,23-24,28-29,35,38-40H,6-9,13-15,18,20H2,1-4H3,(H,41,48)/b38-19?,43-32+. The number of ketones is 1. The fourth-order valence-electron chi connectivity index (χ4n) is 8.91. The number of piperidine rings is 1. The van der Waals surface area contributed by atoms with E-state index in [1.165, 1.54) is 31.9 Å². The van der Waals surface area contributed by atoms with Gasteiger partial charge in [-0.3, -0.25) is 9.48 Å². The normalized spacial score (nSPS) is 25.8. The van der Waals surface area contributed by atoms with Crippen molar-refractivity contribution in [2.75, 3.05) is 24.2 Å². The topological polar surface area (TPSA) is 140 Å². The second-order valence-corrected chi connectivity index (χ2v) is 14.4. The molecule has 4 aliphatic rings. The summed E-state index contributed by atoms with van der Waals surface area (Å²) < 4.78 is 1.79. The lowest BCUT2D eigenvalue weighted by molar-refractivity contribution is -0.122. The number of benzene rings is 2. The Morgan fingerprint density at radius 2 is 1.73 bits per heavy atom. The molecule has 3 heterocycles. The van der Waals surface area contributed by atoms with E-state index in [9.17, 15) is 9.59 Å². The number of rotatable bonds is 11. The molecule has 0 radical (unpaired) electrons. The smallest absolute Gasteiger partial charge is 0.322 e. The summed E-state index contributed by atoms with van der Waals surface area (Å²) in [6, 6.07) is 12.4. The van der Waals surface area contributed by atoms with Gasteiger partial charge in [-0.05, 0) is 105 Å². The summed E-state index contributed by atoms with van der Waals surface area (Å²) in [5.41, 5.74) is 8.42. The Morgan fingerprint density at radius 3 is 2.42 bits per heavy atom. The van der Waals surface area contributed by atoms with Crippen molar-refractivity contribution < 1.29 is 9.59 Å². The summed E-state index contributed by atoms with van der Waals surface area (Å²) in [6.07, 6.45) is 9.69. The summed E-state index contributed by atoms with van der Waals surface area (Å²) in [4.78, 5) is 33.3. The molecule has 2 aliphatic carbocycles. The number of fused-ring (bicyclic) bond motifs is 4. The number of anilines is 2. The van der Waals surface area contributed by atoms with Gasteiger partial charge in [0.25, 0.3) is 0 Å². The highest BCUT2D eigenvalue weighted by Crippen LogP contribution is 2.49. The molecule has 2 amide bonds. The molecule has 7 rings (SSSR count). The van der Waals surface area contributed by atoms with Crippen LogP contribution in [-0.2, 0) is 18.3 Å². The first-order valence-corrected chi connectivity index (χ1v) is 17.5. The molecular weight excluding hydrogens is 602 g/mol. The number of urea groups is 1. The molecule has 2 saturated heterocycles. The van der Waals surface area contributed by atoms with Crippen LogP contribution in [0.5, 0.6) is 0 Å². The van der Waals surface area contributed by atoms with Gasteiger partial charge in [0, 0.05) is 67.2 Å². The van der Waals surface area contributed by atoms with E-state index < -0.39 is 0 Å². The average Bonchev–Trinajstić information content (AvgIpc) is 3.78. The Bertz CT molecular complexity index is 1730. The Morgan fingerprint density at radius 1 is 1.02 bits per heavy atom. The van der Waals surface area contributed by atoms with Crippen LogP contribution < -0.4 is 16.1 Å². The number of hydrogen-bond donors (Lipinski definition) is 4. The third-order valence-electron chi connectivity index (χ3n) is 11.3. The molecule has 48 heavy (non-hydrogen) atoms. The fraction of sp³-hybridized carbons (Fsp3) is 0.514. The maximum Gasteiger partial charge on any atom is 0.322 e. The van der Waals surface area contributed by atoms with Crippen molar-refractivity contribution in [3.8, 4) is 11.4 Å². The third-order valence-corrected chi connectivity index (χ3v) is 11.3. The minimum atomic E-state index is -0.0659. The first kappa shape index (κ1) is 32.0. The first-order valence-electron chi connectivity index (χ1n) is 17.5. The summed E-state index contributed by atoms with van der Waals surface area (Å²) >= 11 is 0. The Kier molecular flexibility index (Phi) is 8.78. The van der Waals surface area contributed by atoms with Gasteiger partial charge < -0.3 is 26.4 Å². The van der Waals surface area contributed by atoms with Gasteiger partial charge in [0.05, 0.1) is 6.54 Å². The summed E-state index contributed by atoms with van der Waals surface area (Å²) in [5.74, 6) is 3.76. The lowest BCUT2D eigenvalue weighted by Crippen LogP contribution is -2.63. The van der Waals surface area contributed by atoms with Crippen LogP contribution in [0.2, 0.25) is 0 Å². The number of nitrogens with zero attached hydrogens (tertiary/aromatic N) is 5. The van der Waals surface area contributed by atoms with E-state index in [1.807, 2.05) is 55.3 Å². The molecule has 0 spiro atoms. The van der Waals surface area contributed by atoms with E-state index in [4.69, 9.17) is 15.5 Å². The van der Waals surface area contributed by atoms with Crippen LogP contribution in [0.3, 0.4) is 0 Å².